The molecule has 0 aromatic heterocycles. The average Bonchev–Trinajstić information content (AvgIpc) is 2.50. The van der Waals surface area contributed by atoms with Gasteiger partial charge in [-0.1, -0.05) is 36.4 Å². The normalized spacial score (nSPS) is 7.86. The summed E-state index contributed by atoms with van der Waals surface area (Å²) in [4.78, 5) is 0. The predicted octanol–water partition coefficient (Wildman–Crippen LogP) is 2.95. The van der Waals surface area contributed by atoms with Gasteiger partial charge in [-0.3, -0.25) is 0 Å². The lowest BCUT2D eigenvalue weighted by Gasteiger charge is -2.02. The molecule has 0 amide bonds. The van der Waals surface area contributed by atoms with Crippen LogP contribution in [0.2, 0.25) is 0 Å². The molecule has 0 saturated carbocycles. The highest BCUT2D eigenvalue weighted by Crippen LogP contribution is 2.27. The number of ether oxygens (including phenoxy) is 3. The van der Waals surface area contributed by atoms with E-state index < -0.39 is 0 Å². The van der Waals surface area contributed by atoms with Crippen molar-refractivity contribution in [3.63, 3.8) is 0 Å². The summed E-state index contributed by atoms with van der Waals surface area (Å²) in [6.07, 6.45) is 4.34. The number of benzene rings is 2. The fraction of sp³-hybridized carbons (Fsp3) is 0. The molecule has 0 unspecified atom stereocenters. The molecule has 0 atom stereocenters. The minimum absolute atomic E-state index is 0.121. The fourth-order valence-electron chi connectivity index (χ4n) is 1.27. The molecule has 0 aliphatic rings. The molecule has 102 valence electrons. The molecule has 0 aliphatic carbocycles. The van der Waals surface area contributed by atoms with Crippen molar-refractivity contribution in [2.24, 2.45) is 0 Å². The highest BCUT2D eigenvalue weighted by Gasteiger charge is 2.04. The maximum Gasteiger partial charge on any atom is 0.292 e. The van der Waals surface area contributed by atoms with Crippen LogP contribution in [0.1, 0.15) is 0 Å². The fourth-order valence-corrected chi connectivity index (χ4v) is 1.27. The third kappa shape index (κ3) is 6.15. The van der Waals surface area contributed by atoms with Gasteiger partial charge in [0, 0.05) is 18.2 Å². The van der Waals surface area contributed by atoms with Crippen molar-refractivity contribution in [1.29, 1.82) is 15.8 Å². The number of rotatable bonds is 3. The van der Waals surface area contributed by atoms with Crippen LogP contribution in [0.15, 0.2) is 54.6 Å². The summed E-state index contributed by atoms with van der Waals surface area (Å²) in [7, 11) is 0. The lowest BCUT2D eigenvalue weighted by Crippen LogP contribution is -1.89. The van der Waals surface area contributed by atoms with E-state index in [0.717, 1.165) is 0 Å². The maximum atomic E-state index is 8.28. The van der Waals surface area contributed by atoms with Crippen LogP contribution >= 0.6 is 0 Å². The predicted molar refractivity (Wildman–Crippen MR) is 71.6 cm³/mol. The van der Waals surface area contributed by atoms with Crippen LogP contribution in [0.3, 0.4) is 0 Å². The molecule has 0 radical (unpaired) electrons. The van der Waals surface area contributed by atoms with Gasteiger partial charge >= 0.3 is 0 Å². The second-order valence-corrected chi connectivity index (χ2v) is 3.37. The summed E-state index contributed by atoms with van der Waals surface area (Å²) in [6.45, 7) is 0. The van der Waals surface area contributed by atoms with Gasteiger partial charge in [0.05, 0.1) is 0 Å². The van der Waals surface area contributed by atoms with Gasteiger partial charge in [0.25, 0.3) is 18.8 Å². The van der Waals surface area contributed by atoms with Crippen LogP contribution in [0.5, 0.6) is 17.2 Å². The Hall–Kier alpha value is -3.69. The zero-order valence-corrected chi connectivity index (χ0v) is 10.8. The van der Waals surface area contributed by atoms with Gasteiger partial charge in [0.15, 0.2) is 0 Å². The standard InChI is InChI=1S/C9H3N3O3.C6H6/c10-4-13-7-1-8(14-5-11)3-9(2-7)15-6-12;1-2-4-6-5-3-1/h1-3H;1-6H. The van der Waals surface area contributed by atoms with E-state index in [1.807, 2.05) is 36.4 Å². The van der Waals surface area contributed by atoms with Gasteiger partial charge < -0.3 is 14.2 Å². The van der Waals surface area contributed by atoms with Crippen molar-refractivity contribution in [3.8, 4) is 36.0 Å². The van der Waals surface area contributed by atoms with Crippen molar-refractivity contribution >= 4 is 0 Å². The quantitative estimate of drug-likeness (QED) is 0.801. The van der Waals surface area contributed by atoms with Crippen LogP contribution in [-0.2, 0) is 0 Å². The highest BCUT2D eigenvalue weighted by molar-refractivity contribution is 5.43. The monoisotopic (exact) mass is 279 g/mol. The summed E-state index contributed by atoms with van der Waals surface area (Å²) in [5.74, 6) is 0.363. The number of nitrogens with zero attached hydrogens (tertiary/aromatic N) is 3. The first-order chi connectivity index (χ1) is 10.3. The SMILES string of the molecule is N#COc1cc(OC#N)cc(OC#N)c1.c1ccccc1. The smallest absolute Gasteiger partial charge is 0.292 e. The van der Waals surface area contributed by atoms with E-state index in [1.165, 1.54) is 37.0 Å². The van der Waals surface area contributed by atoms with E-state index in [1.54, 1.807) is 0 Å². The van der Waals surface area contributed by atoms with Gasteiger partial charge in [-0.2, -0.15) is 0 Å². The summed E-state index contributed by atoms with van der Waals surface area (Å²) in [6, 6.07) is 15.9. The highest BCUT2D eigenvalue weighted by atomic mass is 16.5. The Balaban J connectivity index is 0.000000304. The van der Waals surface area contributed by atoms with Crippen LogP contribution in [0, 0.1) is 34.6 Å². The maximum absolute atomic E-state index is 8.28. The summed E-state index contributed by atoms with van der Waals surface area (Å²) in [5.41, 5.74) is 0. The number of hydrogen-bond donors (Lipinski definition) is 0. The molecule has 0 bridgehead atoms. The molecule has 0 N–H and O–H groups in total. The molecule has 2 rings (SSSR count). The third-order valence-electron chi connectivity index (χ3n) is 2.01. The molecule has 0 spiro atoms. The lowest BCUT2D eigenvalue weighted by molar-refractivity contribution is 0.462. The van der Waals surface area contributed by atoms with Gasteiger partial charge in [0.1, 0.15) is 17.2 Å². The molecule has 2 aromatic rings. The van der Waals surface area contributed by atoms with Crippen molar-refractivity contribution in [1.82, 2.24) is 0 Å². The zero-order valence-electron chi connectivity index (χ0n) is 10.8. The van der Waals surface area contributed by atoms with E-state index in [2.05, 4.69) is 14.2 Å². The molecule has 0 fully saturated rings. The molecule has 21 heavy (non-hydrogen) atoms. The molecule has 0 aliphatic heterocycles. The second-order valence-electron chi connectivity index (χ2n) is 3.37. The summed E-state index contributed by atoms with van der Waals surface area (Å²) < 4.78 is 13.5. The molecule has 6 nitrogen and oxygen atoms in total. The van der Waals surface area contributed by atoms with Crippen LogP contribution in [0.25, 0.3) is 0 Å². The summed E-state index contributed by atoms with van der Waals surface area (Å²) >= 11 is 0. The second kappa shape index (κ2) is 9.27. The Bertz CT molecular complexity index is 572. The largest absolute Gasteiger partial charge is 0.388 e. The van der Waals surface area contributed by atoms with Gasteiger partial charge in [-0.15, -0.1) is 15.8 Å². The van der Waals surface area contributed by atoms with Gasteiger partial charge in [0.2, 0.25) is 0 Å². The lowest BCUT2D eigenvalue weighted by atomic mass is 10.3. The van der Waals surface area contributed by atoms with E-state index in [9.17, 15) is 0 Å². The molecule has 6 heteroatoms. The Morgan fingerprint density at radius 1 is 0.524 bits per heavy atom. The van der Waals surface area contributed by atoms with E-state index in [-0.39, 0.29) is 17.2 Å². The van der Waals surface area contributed by atoms with E-state index >= 15 is 0 Å². The van der Waals surface area contributed by atoms with Crippen LogP contribution in [0.4, 0.5) is 0 Å². The zero-order chi connectivity index (χ0) is 15.3. The van der Waals surface area contributed by atoms with E-state index in [4.69, 9.17) is 15.8 Å². The first kappa shape index (κ1) is 15.4. The third-order valence-corrected chi connectivity index (χ3v) is 2.01. The topological polar surface area (TPSA) is 99.1 Å². The Morgan fingerprint density at radius 2 is 0.762 bits per heavy atom. The van der Waals surface area contributed by atoms with Crippen LogP contribution in [-0.4, -0.2) is 0 Å². The molecular weight excluding hydrogens is 270 g/mol. The summed E-state index contributed by atoms with van der Waals surface area (Å²) in [5, 5.41) is 24.8. The minimum Gasteiger partial charge on any atom is -0.388 e. The molecule has 0 heterocycles. The first-order valence-corrected chi connectivity index (χ1v) is 5.63. The van der Waals surface area contributed by atoms with Gasteiger partial charge in [-0.05, 0) is 0 Å². The number of hydrogen-bond acceptors (Lipinski definition) is 6. The number of nitriles is 3. The minimum atomic E-state index is 0.121. The Morgan fingerprint density at radius 3 is 0.952 bits per heavy atom. The molecular formula is C15H9N3O3. The molecule has 2 aromatic carbocycles. The van der Waals surface area contributed by atoms with Crippen LogP contribution < -0.4 is 14.2 Å². The van der Waals surface area contributed by atoms with Crippen molar-refractivity contribution in [2.75, 3.05) is 0 Å². The average molecular weight is 279 g/mol. The van der Waals surface area contributed by atoms with Crippen molar-refractivity contribution < 1.29 is 14.2 Å². The first-order valence-electron chi connectivity index (χ1n) is 5.63. The molecule has 0 saturated heterocycles. The van der Waals surface area contributed by atoms with Crippen molar-refractivity contribution in [3.05, 3.63) is 54.6 Å². The Kier molecular flexibility index (Phi) is 6.78. The van der Waals surface area contributed by atoms with Gasteiger partial charge in [-0.25, -0.2) is 0 Å². The van der Waals surface area contributed by atoms with E-state index in [0.29, 0.717) is 0 Å². The Labute approximate surface area is 121 Å². The van der Waals surface area contributed by atoms with Crippen molar-refractivity contribution in [2.45, 2.75) is 0 Å².